The monoisotopic (exact) mass is 286 g/mol. The largest absolute Gasteiger partial charge is 0.481 e. The lowest BCUT2D eigenvalue weighted by molar-refractivity contribution is -0.133. The minimum atomic E-state index is -1.05. The molecule has 3 N–H and O–H groups in total. The van der Waals surface area contributed by atoms with E-state index < -0.39 is 17.6 Å². The Hall–Kier alpha value is -2.16. The summed E-state index contributed by atoms with van der Waals surface area (Å²) in [5.41, 5.74) is 5.65. The molecular weight excluding hydrogens is 278 g/mol. The number of nitrogens with two attached hydrogens (primary N) is 1. The van der Waals surface area contributed by atoms with E-state index >= 15 is 0 Å². The van der Waals surface area contributed by atoms with Gasteiger partial charge in [-0.25, -0.2) is 8.78 Å². The maximum Gasteiger partial charge on any atom is 0.313 e. The van der Waals surface area contributed by atoms with E-state index in [1.165, 1.54) is 4.57 Å². The van der Waals surface area contributed by atoms with Gasteiger partial charge in [-0.05, 0) is 12.1 Å². The molecule has 2 aromatic rings. The Kier molecular flexibility index (Phi) is 3.65. The van der Waals surface area contributed by atoms with E-state index in [-0.39, 0.29) is 22.5 Å². The number of carboxylic acids is 1. The Morgan fingerprint density at radius 3 is 2.53 bits per heavy atom. The summed E-state index contributed by atoms with van der Waals surface area (Å²) in [6.07, 6.45) is 0. The summed E-state index contributed by atoms with van der Waals surface area (Å²) in [5, 5.41) is 16.0. The summed E-state index contributed by atoms with van der Waals surface area (Å²) in [6, 6.07) is 2.81. The number of aromatic nitrogens is 3. The van der Waals surface area contributed by atoms with E-state index in [9.17, 15) is 13.6 Å². The number of nitrogens with zero attached hydrogens (tertiary/aromatic N) is 3. The van der Waals surface area contributed by atoms with Gasteiger partial charge in [0.25, 0.3) is 0 Å². The number of rotatable bonds is 4. The van der Waals surface area contributed by atoms with Crippen molar-refractivity contribution in [1.29, 1.82) is 0 Å². The Labute approximate surface area is 110 Å². The zero-order valence-electron chi connectivity index (χ0n) is 9.38. The maximum absolute atomic E-state index is 13.2. The number of hydrogen-bond donors (Lipinski definition) is 2. The van der Waals surface area contributed by atoms with Crippen LogP contribution in [0.5, 0.6) is 0 Å². The van der Waals surface area contributed by atoms with Crippen molar-refractivity contribution in [2.75, 3.05) is 11.5 Å². The first kappa shape index (κ1) is 13.3. The topological polar surface area (TPSA) is 94.0 Å². The van der Waals surface area contributed by atoms with Crippen LogP contribution < -0.4 is 5.73 Å². The molecule has 9 heteroatoms. The molecule has 0 aliphatic rings. The SMILES string of the molecule is Nc1nnc(SCC(=O)O)n1-c1cc(F)cc(F)c1. The molecule has 6 nitrogen and oxygen atoms in total. The molecule has 0 amide bonds. The average molecular weight is 286 g/mol. The minimum Gasteiger partial charge on any atom is -0.481 e. The lowest BCUT2D eigenvalue weighted by atomic mass is 10.3. The van der Waals surface area contributed by atoms with Crippen LogP contribution in [0, 0.1) is 11.6 Å². The van der Waals surface area contributed by atoms with Crippen molar-refractivity contribution >= 4 is 23.7 Å². The molecule has 19 heavy (non-hydrogen) atoms. The third-order valence-electron chi connectivity index (χ3n) is 2.09. The van der Waals surface area contributed by atoms with Crippen LogP contribution in [0.4, 0.5) is 14.7 Å². The molecule has 0 radical (unpaired) electrons. The highest BCUT2D eigenvalue weighted by molar-refractivity contribution is 7.99. The molecule has 0 saturated heterocycles. The summed E-state index contributed by atoms with van der Waals surface area (Å²) in [7, 11) is 0. The fraction of sp³-hybridized carbons (Fsp3) is 0.100. The Bertz CT molecular complexity index is 612. The second kappa shape index (κ2) is 5.22. The molecule has 0 unspecified atom stereocenters. The van der Waals surface area contributed by atoms with Gasteiger partial charge in [-0.3, -0.25) is 9.36 Å². The summed E-state index contributed by atoms with van der Waals surface area (Å²) in [4.78, 5) is 10.5. The number of anilines is 1. The first-order valence-corrected chi connectivity index (χ1v) is 5.98. The quantitative estimate of drug-likeness (QED) is 0.823. The van der Waals surface area contributed by atoms with Gasteiger partial charge in [-0.2, -0.15) is 0 Å². The third kappa shape index (κ3) is 2.99. The van der Waals surface area contributed by atoms with Gasteiger partial charge >= 0.3 is 5.97 Å². The molecular formula is C10H8F2N4O2S. The molecule has 0 saturated carbocycles. The van der Waals surface area contributed by atoms with Gasteiger partial charge in [0.05, 0.1) is 11.4 Å². The van der Waals surface area contributed by atoms with Crippen LogP contribution in [-0.4, -0.2) is 31.6 Å². The Morgan fingerprint density at radius 1 is 1.32 bits per heavy atom. The zero-order valence-corrected chi connectivity index (χ0v) is 10.2. The second-order valence-electron chi connectivity index (χ2n) is 3.49. The molecule has 0 aliphatic carbocycles. The predicted molar refractivity (Wildman–Crippen MR) is 64.0 cm³/mol. The van der Waals surface area contributed by atoms with Gasteiger partial charge < -0.3 is 10.8 Å². The van der Waals surface area contributed by atoms with Crippen LogP contribution in [0.1, 0.15) is 0 Å². The normalized spacial score (nSPS) is 10.6. The zero-order chi connectivity index (χ0) is 14.0. The fourth-order valence-electron chi connectivity index (χ4n) is 1.41. The molecule has 0 fully saturated rings. The Morgan fingerprint density at radius 2 is 1.95 bits per heavy atom. The van der Waals surface area contributed by atoms with Crippen molar-refractivity contribution in [3.8, 4) is 5.69 Å². The molecule has 0 aliphatic heterocycles. The number of aliphatic carboxylic acids is 1. The second-order valence-corrected chi connectivity index (χ2v) is 4.43. The number of carboxylic acid groups (broad SMARTS) is 1. The lowest BCUT2D eigenvalue weighted by Gasteiger charge is -2.07. The number of thioether (sulfide) groups is 1. The molecule has 0 spiro atoms. The number of carbonyl (C=O) groups is 1. The number of nitrogen functional groups attached to an aromatic ring is 1. The smallest absolute Gasteiger partial charge is 0.313 e. The van der Waals surface area contributed by atoms with E-state index in [4.69, 9.17) is 10.8 Å². The summed E-state index contributed by atoms with van der Waals surface area (Å²) >= 11 is 0.847. The van der Waals surface area contributed by atoms with E-state index in [2.05, 4.69) is 10.2 Å². The van der Waals surface area contributed by atoms with Crippen LogP contribution in [0.15, 0.2) is 23.4 Å². The van der Waals surface area contributed by atoms with Crippen LogP contribution >= 0.6 is 11.8 Å². The van der Waals surface area contributed by atoms with E-state index in [0.29, 0.717) is 6.07 Å². The summed E-state index contributed by atoms with van der Waals surface area (Å²) in [5.74, 6) is -2.97. The fourth-order valence-corrected chi connectivity index (χ4v) is 2.09. The van der Waals surface area contributed by atoms with Gasteiger partial charge in [0.15, 0.2) is 5.16 Å². The maximum atomic E-state index is 13.2. The van der Waals surface area contributed by atoms with Crippen molar-refractivity contribution in [3.05, 3.63) is 29.8 Å². The molecule has 2 rings (SSSR count). The highest BCUT2D eigenvalue weighted by Crippen LogP contribution is 2.24. The van der Waals surface area contributed by atoms with Gasteiger partial charge in [-0.15, -0.1) is 10.2 Å². The summed E-state index contributed by atoms with van der Waals surface area (Å²) < 4.78 is 27.5. The van der Waals surface area contributed by atoms with Crippen LogP contribution in [0.25, 0.3) is 5.69 Å². The molecule has 1 aromatic carbocycles. The molecule has 0 atom stereocenters. The third-order valence-corrected chi connectivity index (χ3v) is 3.00. The van der Waals surface area contributed by atoms with E-state index in [1.54, 1.807) is 0 Å². The van der Waals surface area contributed by atoms with Crippen molar-refractivity contribution in [2.24, 2.45) is 0 Å². The van der Waals surface area contributed by atoms with Gasteiger partial charge in [0, 0.05) is 6.07 Å². The number of benzene rings is 1. The van der Waals surface area contributed by atoms with E-state index in [0.717, 1.165) is 23.9 Å². The van der Waals surface area contributed by atoms with Crippen LogP contribution in [0.3, 0.4) is 0 Å². The highest BCUT2D eigenvalue weighted by Gasteiger charge is 2.15. The number of hydrogen-bond acceptors (Lipinski definition) is 5. The van der Waals surface area contributed by atoms with Crippen LogP contribution in [-0.2, 0) is 4.79 Å². The molecule has 1 heterocycles. The Balaban J connectivity index is 2.43. The average Bonchev–Trinajstić information content (AvgIpc) is 2.66. The first-order valence-electron chi connectivity index (χ1n) is 4.99. The van der Waals surface area contributed by atoms with E-state index in [1.807, 2.05) is 0 Å². The van der Waals surface area contributed by atoms with Crippen molar-refractivity contribution < 1.29 is 18.7 Å². The van der Waals surface area contributed by atoms with Gasteiger partial charge in [0.1, 0.15) is 11.6 Å². The van der Waals surface area contributed by atoms with Crippen molar-refractivity contribution in [3.63, 3.8) is 0 Å². The van der Waals surface area contributed by atoms with Crippen molar-refractivity contribution in [1.82, 2.24) is 14.8 Å². The molecule has 0 bridgehead atoms. The summed E-state index contributed by atoms with van der Waals surface area (Å²) in [6.45, 7) is 0. The van der Waals surface area contributed by atoms with Crippen molar-refractivity contribution in [2.45, 2.75) is 5.16 Å². The predicted octanol–water partition coefficient (Wildman–Crippen LogP) is 1.30. The molecule has 100 valence electrons. The minimum absolute atomic E-state index is 0.0853. The van der Waals surface area contributed by atoms with Crippen LogP contribution in [0.2, 0.25) is 0 Å². The number of halogens is 2. The first-order chi connectivity index (χ1) is 8.97. The standard InChI is InChI=1S/C10H8F2N4O2S/c11-5-1-6(12)3-7(2-5)16-9(13)14-15-10(16)19-4-8(17)18/h1-3H,4H2,(H2,13,14)(H,17,18). The van der Waals surface area contributed by atoms with Gasteiger partial charge in [0.2, 0.25) is 5.95 Å². The lowest BCUT2D eigenvalue weighted by Crippen LogP contribution is -2.05. The van der Waals surface area contributed by atoms with Gasteiger partial charge in [-0.1, -0.05) is 11.8 Å². The molecule has 1 aromatic heterocycles. The highest BCUT2D eigenvalue weighted by atomic mass is 32.2.